The molecule has 9 nitrogen and oxygen atoms in total. The van der Waals surface area contributed by atoms with E-state index in [0.29, 0.717) is 17.0 Å². The van der Waals surface area contributed by atoms with Crippen molar-refractivity contribution in [2.45, 2.75) is 52.2 Å². The fourth-order valence-electron chi connectivity index (χ4n) is 4.35. The van der Waals surface area contributed by atoms with Gasteiger partial charge in [0.1, 0.15) is 18.3 Å². The van der Waals surface area contributed by atoms with Crippen LogP contribution >= 0.6 is 12.6 Å². The molecular formula is C28H32N2O7S. The first kappa shape index (κ1) is 28.8. The smallest absolute Gasteiger partial charge is 0.351 e. The third kappa shape index (κ3) is 6.02. The lowest BCUT2D eigenvalue weighted by Gasteiger charge is -2.32. The molecule has 1 heterocycles. The molecule has 38 heavy (non-hydrogen) atoms. The lowest BCUT2D eigenvalue weighted by molar-refractivity contribution is -0.431. The van der Waals surface area contributed by atoms with Crippen molar-refractivity contribution < 1.29 is 28.7 Å². The number of allylic oxidation sites excluding steroid dienone is 3. The molecule has 0 spiro atoms. The van der Waals surface area contributed by atoms with E-state index >= 15 is 0 Å². The van der Waals surface area contributed by atoms with Gasteiger partial charge in [-0.2, -0.15) is 12.6 Å². The second kappa shape index (κ2) is 12.6. The van der Waals surface area contributed by atoms with Gasteiger partial charge in [-0.15, -0.1) is 0 Å². The van der Waals surface area contributed by atoms with Crippen LogP contribution < -0.4 is 10.1 Å². The van der Waals surface area contributed by atoms with E-state index in [1.807, 2.05) is 30.3 Å². The van der Waals surface area contributed by atoms with Gasteiger partial charge in [0.05, 0.1) is 22.8 Å². The van der Waals surface area contributed by atoms with Crippen molar-refractivity contribution >= 4 is 24.6 Å². The number of esters is 2. The molecule has 0 aliphatic carbocycles. The number of carbonyl (C=O) groups excluding carboxylic acids is 2. The minimum Gasteiger partial charge on any atom is -0.489 e. The van der Waals surface area contributed by atoms with Crippen molar-refractivity contribution in [3.63, 3.8) is 0 Å². The maximum absolute atomic E-state index is 13.8. The normalized spacial score (nSPS) is 16.8. The maximum Gasteiger partial charge on any atom is 0.351 e. The minimum absolute atomic E-state index is 0.00182. The minimum atomic E-state index is -1.65. The Kier molecular flexibility index (Phi) is 9.57. The van der Waals surface area contributed by atoms with Gasteiger partial charge in [-0.05, 0) is 38.8 Å². The van der Waals surface area contributed by atoms with Crippen LogP contribution in [0.1, 0.15) is 51.2 Å². The number of nitrogens with zero attached hydrogens (tertiary/aromatic N) is 1. The monoisotopic (exact) mass is 540 g/mol. The molecule has 1 aliphatic heterocycles. The topological polar surface area (TPSA) is 117 Å². The number of nitro groups is 1. The van der Waals surface area contributed by atoms with Crippen LogP contribution in [0.2, 0.25) is 0 Å². The number of hydrogen-bond acceptors (Lipinski definition) is 9. The number of ether oxygens (including phenoxy) is 3. The van der Waals surface area contributed by atoms with E-state index in [1.165, 1.54) is 0 Å². The van der Waals surface area contributed by atoms with Gasteiger partial charge in [-0.3, -0.25) is 10.1 Å². The number of hydrogen-bond donors (Lipinski definition) is 2. The van der Waals surface area contributed by atoms with Crippen LogP contribution in [0.3, 0.4) is 0 Å². The summed E-state index contributed by atoms with van der Waals surface area (Å²) in [5.41, 5.74) is 0.122. The summed E-state index contributed by atoms with van der Waals surface area (Å²) < 4.78 is 17.0. The number of benzene rings is 2. The molecule has 2 unspecified atom stereocenters. The van der Waals surface area contributed by atoms with Gasteiger partial charge < -0.3 is 19.5 Å². The molecular weight excluding hydrogens is 508 g/mol. The highest BCUT2D eigenvalue weighted by Crippen LogP contribution is 2.43. The molecule has 0 saturated carbocycles. The van der Waals surface area contributed by atoms with Crippen LogP contribution in [0.4, 0.5) is 0 Å². The number of thiol groups is 1. The highest BCUT2D eigenvalue weighted by atomic mass is 32.1. The quantitative estimate of drug-likeness (QED) is 0.179. The summed E-state index contributed by atoms with van der Waals surface area (Å²) >= 11 is 4.26. The lowest BCUT2D eigenvalue weighted by Crippen LogP contribution is -2.47. The number of rotatable bonds is 11. The van der Waals surface area contributed by atoms with Crippen LogP contribution in [0.5, 0.6) is 5.75 Å². The lowest BCUT2D eigenvalue weighted by atomic mass is 9.83. The van der Waals surface area contributed by atoms with E-state index in [2.05, 4.69) is 17.9 Å². The number of para-hydroxylation sites is 1. The highest BCUT2D eigenvalue weighted by molar-refractivity contribution is 7.80. The zero-order chi connectivity index (χ0) is 27.9. The average molecular weight is 541 g/mol. The van der Waals surface area contributed by atoms with E-state index in [9.17, 15) is 19.7 Å². The predicted octanol–water partition coefficient (Wildman–Crippen LogP) is 4.92. The molecule has 0 radical (unpaired) electrons. The third-order valence-corrected chi connectivity index (χ3v) is 6.88. The van der Waals surface area contributed by atoms with Gasteiger partial charge in [0.15, 0.2) is 0 Å². The van der Waals surface area contributed by atoms with E-state index in [1.54, 1.807) is 52.0 Å². The molecule has 0 bridgehead atoms. The van der Waals surface area contributed by atoms with Gasteiger partial charge in [0, 0.05) is 17.0 Å². The van der Waals surface area contributed by atoms with Crippen LogP contribution in [0.25, 0.3) is 0 Å². The van der Waals surface area contributed by atoms with Crippen molar-refractivity contribution in [1.82, 2.24) is 5.32 Å². The Labute approximate surface area is 227 Å². The van der Waals surface area contributed by atoms with E-state index < -0.39 is 28.4 Å². The zero-order valence-corrected chi connectivity index (χ0v) is 22.7. The van der Waals surface area contributed by atoms with Crippen molar-refractivity contribution in [1.29, 1.82) is 0 Å². The fraction of sp³-hybridized carbons (Fsp3) is 0.357. The molecule has 1 N–H and O–H groups in total. The van der Waals surface area contributed by atoms with E-state index in [4.69, 9.17) is 14.2 Å². The second-order valence-corrected chi connectivity index (χ2v) is 9.11. The van der Waals surface area contributed by atoms with E-state index in [-0.39, 0.29) is 42.4 Å². The largest absolute Gasteiger partial charge is 0.489 e. The third-order valence-electron chi connectivity index (χ3n) is 6.37. The zero-order valence-electron chi connectivity index (χ0n) is 21.9. The first-order valence-electron chi connectivity index (χ1n) is 12.3. The summed E-state index contributed by atoms with van der Waals surface area (Å²) in [7, 11) is 0. The Hall–Kier alpha value is -3.79. The molecule has 2 aromatic rings. The fourth-order valence-corrected chi connectivity index (χ4v) is 4.76. The Balaban J connectivity index is 2.09. The Morgan fingerprint density at radius 2 is 1.71 bits per heavy atom. The molecule has 10 heteroatoms. The number of dihydropyridines is 1. The SMILES string of the molecule is CCOC(=O)C(CC)(CS)OC(=O)C1=C(C)NC(C)=C([N+](=O)[O-])C1c1ccccc1OCc1ccccc1. The van der Waals surface area contributed by atoms with Crippen LogP contribution in [-0.2, 0) is 25.7 Å². The second-order valence-electron chi connectivity index (χ2n) is 8.79. The molecule has 0 saturated heterocycles. The number of carbonyl (C=O) groups is 2. The van der Waals surface area contributed by atoms with Gasteiger partial charge >= 0.3 is 11.9 Å². The van der Waals surface area contributed by atoms with Gasteiger partial charge in [-0.25, -0.2) is 9.59 Å². The van der Waals surface area contributed by atoms with Crippen LogP contribution in [-0.4, -0.2) is 34.8 Å². The van der Waals surface area contributed by atoms with Crippen molar-refractivity contribution in [3.8, 4) is 5.75 Å². The van der Waals surface area contributed by atoms with Crippen molar-refractivity contribution in [2.75, 3.05) is 12.4 Å². The number of nitrogens with one attached hydrogen (secondary N) is 1. The Morgan fingerprint density at radius 1 is 1.05 bits per heavy atom. The van der Waals surface area contributed by atoms with Crippen molar-refractivity contribution in [2.24, 2.45) is 0 Å². The summed E-state index contributed by atoms with van der Waals surface area (Å²) in [6, 6.07) is 16.4. The first-order chi connectivity index (χ1) is 18.2. The van der Waals surface area contributed by atoms with Crippen LogP contribution in [0.15, 0.2) is 77.3 Å². The van der Waals surface area contributed by atoms with Gasteiger partial charge in [0.25, 0.3) is 5.70 Å². The molecule has 0 amide bonds. The molecule has 0 aromatic heterocycles. The summed E-state index contributed by atoms with van der Waals surface area (Å²) in [4.78, 5) is 38.3. The van der Waals surface area contributed by atoms with Gasteiger partial charge in [-0.1, -0.05) is 55.5 Å². The Morgan fingerprint density at radius 3 is 2.32 bits per heavy atom. The summed E-state index contributed by atoms with van der Waals surface area (Å²) in [6.07, 6.45) is 0.110. The molecule has 2 atom stereocenters. The Bertz CT molecular complexity index is 1250. The van der Waals surface area contributed by atoms with E-state index in [0.717, 1.165) is 5.56 Å². The summed E-state index contributed by atoms with van der Waals surface area (Å²) in [5.74, 6) is -2.46. The molecule has 2 aromatic carbocycles. The maximum atomic E-state index is 13.8. The average Bonchev–Trinajstić information content (AvgIpc) is 2.90. The highest BCUT2D eigenvalue weighted by Gasteiger charge is 2.47. The standard InChI is InChI=1S/C28H32N2O7S/c1-5-28(17-38,27(32)35-6-2)37-26(31)23-18(3)29-19(4)25(30(33)34)24(23)21-14-10-11-15-22(21)36-16-20-12-8-7-9-13-20/h7-15,24,29,38H,5-6,16-17H2,1-4H3. The van der Waals surface area contributed by atoms with Gasteiger partial charge in [0.2, 0.25) is 5.60 Å². The molecule has 202 valence electrons. The molecule has 1 aliphatic rings. The molecule has 3 rings (SSSR count). The molecule has 0 fully saturated rings. The first-order valence-corrected chi connectivity index (χ1v) is 12.9. The predicted molar refractivity (Wildman–Crippen MR) is 145 cm³/mol. The summed E-state index contributed by atoms with van der Waals surface area (Å²) in [6.45, 7) is 6.86. The van der Waals surface area contributed by atoms with Crippen molar-refractivity contribution in [3.05, 3.63) is 98.5 Å². The van der Waals surface area contributed by atoms with Crippen LogP contribution in [0, 0.1) is 10.1 Å². The summed E-state index contributed by atoms with van der Waals surface area (Å²) in [5, 5.41) is 15.2.